The van der Waals surface area contributed by atoms with Crippen molar-refractivity contribution in [2.75, 3.05) is 6.54 Å². The molecule has 0 saturated carbocycles. The van der Waals surface area contributed by atoms with E-state index in [-0.39, 0.29) is 12.5 Å². The molecule has 0 bridgehead atoms. The fourth-order valence-corrected chi connectivity index (χ4v) is 3.48. The van der Waals surface area contributed by atoms with Gasteiger partial charge in [-0.3, -0.25) is 9.20 Å². The molecule has 1 N–H and O–H groups in total. The van der Waals surface area contributed by atoms with Crippen molar-refractivity contribution in [2.24, 2.45) is 0 Å². The van der Waals surface area contributed by atoms with Gasteiger partial charge in [-0.2, -0.15) is 0 Å². The van der Waals surface area contributed by atoms with E-state index in [9.17, 15) is 4.79 Å². The Labute approximate surface area is 183 Å². The number of halogens is 2. The van der Waals surface area contributed by atoms with Crippen LogP contribution >= 0.6 is 23.2 Å². The summed E-state index contributed by atoms with van der Waals surface area (Å²) in [5, 5.41) is 12.3. The smallest absolute Gasteiger partial charge is 0.255 e. The molecule has 0 aliphatic carbocycles. The van der Waals surface area contributed by atoms with E-state index in [2.05, 4.69) is 15.5 Å². The van der Waals surface area contributed by atoms with Crippen LogP contribution in [0.2, 0.25) is 10.0 Å². The topological polar surface area (TPSA) is 68.5 Å². The van der Waals surface area contributed by atoms with Crippen molar-refractivity contribution in [3.63, 3.8) is 0 Å². The van der Waals surface area contributed by atoms with Gasteiger partial charge in [0.2, 0.25) is 0 Å². The Morgan fingerprint density at radius 2 is 1.87 bits per heavy atom. The van der Waals surface area contributed by atoms with Gasteiger partial charge in [-0.25, -0.2) is 0 Å². The number of carbonyl (C=O) groups excluding carboxylic acids is 1. The zero-order valence-electron chi connectivity index (χ0n) is 15.9. The van der Waals surface area contributed by atoms with E-state index in [0.717, 1.165) is 17.0 Å². The van der Waals surface area contributed by atoms with Crippen molar-refractivity contribution in [1.29, 1.82) is 0 Å². The van der Waals surface area contributed by atoms with Gasteiger partial charge in [0, 0.05) is 34.8 Å². The number of aromatic nitrogens is 3. The summed E-state index contributed by atoms with van der Waals surface area (Å²) in [7, 11) is 0. The number of nitrogens with one attached hydrogen (secondary N) is 1. The lowest BCUT2D eigenvalue weighted by atomic mass is 10.2. The molecule has 1 amide bonds. The van der Waals surface area contributed by atoms with Gasteiger partial charge < -0.3 is 10.1 Å². The average Bonchev–Trinajstić information content (AvgIpc) is 3.16. The Morgan fingerprint density at radius 1 is 1.03 bits per heavy atom. The highest BCUT2D eigenvalue weighted by Crippen LogP contribution is 2.24. The minimum atomic E-state index is -0.221. The third-order valence-electron chi connectivity index (χ3n) is 4.55. The second-order valence-corrected chi connectivity index (χ2v) is 7.42. The first kappa shape index (κ1) is 20.2. The molecule has 30 heavy (non-hydrogen) atoms. The van der Waals surface area contributed by atoms with Gasteiger partial charge >= 0.3 is 0 Å². The number of benzene rings is 2. The monoisotopic (exact) mass is 440 g/mol. The first-order valence-corrected chi connectivity index (χ1v) is 10.1. The van der Waals surface area contributed by atoms with Crippen LogP contribution in [0.25, 0.3) is 5.65 Å². The summed E-state index contributed by atoms with van der Waals surface area (Å²) in [6.45, 7) is 0.651. The first-order chi connectivity index (χ1) is 14.6. The third-order valence-corrected chi connectivity index (χ3v) is 5.14. The molecule has 2 heterocycles. The van der Waals surface area contributed by atoms with Gasteiger partial charge in [-0.05, 0) is 36.4 Å². The summed E-state index contributed by atoms with van der Waals surface area (Å²) in [4.78, 5) is 12.7. The molecule has 8 heteroatoms. The molecule has 2 aromatic heterocycles. The summed E-state index contributed by atoms with van der Waals surface area (Å²) in [5.74, 6) is 1.04. The zero-order chi connectivity index (χ0) is 20.9. The molecule has 0 aliphatic heterocycles. The van der Waals surface area contributed by atoms with Crippen LogP contribution in [0, 0.1) is 0 Å². The number of fused-ring (bicyclic) bond motifs is 1. The van der Waals surface area contributed by atoms with Crippen molar-refractivity contribution in [3.8, 4) is 5.75 Å². The number of hydrogen-bond acceptors (Lipinski definition) is 4. The fourth-order valence-electron chi connectivity index (χ4n) is 3.02. The van der Waals surface area contributed by atoms with Crippen molar-refractivity contribution >= 4 is 34.8 Å². The number of ether oxygens (including phenoxy) is 1. The Balaban J connectivity index is 1.39. The molecule has 152 valence electrons. The molecule has 0 unspecified atom stereocenters. The minimum absolute atomic E-state index is 0.221. The Hall–Kier alpha value is -3.09. The van der Waals surface area contributed by atoms with Crippen LogP contribution in [0.1, 0.15) is 21.7 Å². The maximum atomic E-state index is 12.7. The van der Waals surface area contributed by atoms with Crippen LogP contribution in [0.3, 0.4) is 0 Å². The molecule has 4 rings (SSSR count). The molecule has 0 saturated heterocycles. The van der Waals surface area contributed by atoms with Crippen molar-refractivity contribution in [1.82, 2.24) is 19.9 Å². The summed E-state index contributed by atoms with van der Waals surface area (Å²) in [5.41, 5.74) is 2.02. The van der Waals surface area contributed by atoms with Crippen LogP contribution in [0.4, 0.5) is 0 Å². The first-order valence-electron chi connectivity index (χ1n) is 9.34. The van der Waals surface area contributed by atoms with Crippen LogP contribution < -0.4 is 10.1 Å². The largest absolute Gasteiger partial charge is 0.488 e. The van der Waals surface area contributed by atoms with Gasteiger partial charge in [-0.15, -0.1) is 10.2 Å². The third kappa shape index (κ3) is 4.56. The lowest BCUT2D eigenvalue weighted by molar-refractivity contribution is 0.0949. The summed E-state index contributed by atoms with van der Waals surface area (Å²) >= 11 is 12.1. The molecule has 0 fully saturated rings. The molecule has 6 nitrogen and oxygen atoms in total. The number of rotatable bonds is 7. The van der Waals surface area contributed by atoms with Crippen molar-refractivity contribution < 1.29 is 9.53 Å². The molecule has 4 aromatic rings. The van der Waals surface area contributed by atoms with Crippen LogP contribution in [0.15, 0.2) is 66.9 Å². The summed E-state index contributed by atoms with van der Waals surface area (Å²) in [6, 6.07) is 18.0. The number of carbonyl (C=O) groups is 1. The highest BCUT2D eigenvalue weighted by Gasteiger charge is 2.13. The van der Waals surface area contributed by atoms with E-state index < -0.39 is 0 Å². The number of nitrogens with zero attached hydrogens (tertiary/aromatic N) is 3. The number of amides is 1. The highest BCUT2D eigenvalue weighted by molar-refractivity contribution is 6.35. The Morgan fingerprint density at radius 3 is 2.73 bits per heavy atom. The quantitative estimate of drug-likeness (QED) is 0.456. The van der Waals surface area contributed by atoms with Crippen LogP contribution in [-0.2, 0) is 13.0 Å². The van der Waals surface area contributed by atoms with Gasteiger partial charge in [0.05, 0.1) is 5.56 Å². The van der Waals surface area contributed by atoms with E-state index in [4.69, 9.17) is 27.9 Å². The molecule has 0 spiro atoms. The van der Waals surface area contributed by atoms with Gasteiger partial charge in [0.15, 0.2) is 5.65 Å². The lowest BCUT2D eigenvalue weighted by Gasteiger charge is -2.12. The van der Waals surface area contributed by atoms with Gasteiger partial charge in [-0.1, -0.05) is 47.5 Å². The van der Waals surface area contributed by atoms with E-state index in [1.807, 2.05) is 34.9 Å². The van der Waals surface area contributed by atoms with E-state index in [0.29, 0.717) is 34.3 Å². The predicted molar refractivity (Wildman–Crippen MR) is 116 cm³/mol. The van der Waals surface area contributed by atoms with Crippen LogP contribution in [0.5, 0.6) is 5.75 Å². The molecule has 2 aromatic carbocycles. The van der Waals surface area contributed by atoms with Gasteiger partial charge in [0.25, 0.3) is 5.91 Å². The highest BCUT2D eigenvalue weighted by atomic mass is 35.5. The Kier molecular flexibility index (Phi) is 6.16. The van der Waals surface area contributed by atoms with E-state index >= 15 is 0 Å². The average molecular weight is 441 g/mol. The molecular weight excluding hydrogens is 423 g/mol. The second kappa shape index (κ2) is 9.15. The number of para-hydroxylation sites is 1. The van der Waals surface area contributed by atoms with Crippen LogP contribution in [-0.4, -0.2) is 27.0 Å². The SMILES string of the molecule is O=C(NCCc1nnc2ccccn12)c1ccccc1OCc1ccc(Cl)cc1Cl. The second-order valence-electron chi connectivity index (χ2n) is 6.57. The maximum absolute atomic E-state index is 12.7. The normalized spacial score (nSPS) is 10.9. The molecular formula is C22H18Cl2N4O2. The number of hydrogen-bond donors (Lipinski definition) is 1. The molecule has 0 radical (unpaired) electrons. The summed E-state index contributed by atoms with van der Waals surface area (Å²) in [6.07, 6.45) is 2.46. The van der Waals surface area contributed by atoms with E-state index in [1.54, 1.807) is 36.4 Å². The maximum Gasteiger partial charge on any atom is 0.255 e. The standard InChI is InChI=1S/C22H18Cl2N4O2/c23-16-9-8-15(18(24)13-16)14-30-19-6-2-1-5-17(19)22(29)25-11-10-21-27-26-20-7-3-4-12-28(20)21/h1-9,12-13H,10-11,14H2,(H,25,29). The van der Waals surface area contributed by atoms with Crippen molar-refractivity contribution in [3.05, 3.63) is 93.9 Å². The predicted octanol–water partition coefficient (Wildman–Crippen LogP) is 4.59. The number of pyridine rings is 1. The molecule has 0 atom stereocenters. The summed E-state index contributed by atoms with van der Waals surface area (Å²) < 4.78 is 7.76. The zero-order valence-corrected chi connectivity index (χ0v) is 17.4. The van der Waals surface area contributed by atoms with E-state index in [1.165, 1.54) is 0 Å². The lowest BCUT2D eigenvalue weighted by Crippen LogP contribution is -2.26. The van der Waals surface area contributed by atoms with Crippen molar-refractivity contribution in [2.45, 2.75) is 13.0 Å². The Bertz CT molecular complexity index is 1190. The molecule has 0 aliphatic rings. The minimum Gasteiger partial charge on any atom is -0.488 e. The fraction of sp³-hybridized carbons (Fsp3) is 0.136. The van der Waals surface area contributed by atoms with Gasteiger partial charge in [0.1, 0.15) is 18.2 Å².